The molecule has 0 unspecified atom stereocenters. The zero-order chi connectivity index (χ0) is 20.1. The number of hydrogen-bond acceptors (Lipinski definition) is 5. The lowest BCUT2D eigenvalue weighted by molar-refractivity contribution is 0.0955. The number of benzene rings is 2. The summed E-state index contributed by atoms with van der Waals surface area (Å²) < 4.78 is 10.6. The van der Waals surface area contributed by atoms with Gasteiger partial charge in [-0.3, -0.25) is 4.79 Å². The van der Waals surface area contributed by atoms with Crippen LogP contribution in [0.3, 0.4) is 0 Å². The monoisotopic (exact) mass is 391 g/mol. The number of carbonyl (C=O) groups is 1. The van der Waals surface area contributed by atoms with Gasteiger partial charge in [0.15, 0.2) is 0 Å². The van der Waals surface area contributed by atoms with Crippen molar-refractivity contribution in [2.45, 2.75) is 6.42 Å². The highest BCUT2D eigenvalue weighted by atomic mass is 16.5. The van der Waals surface area contributed by atoms with Gasteiger partial charge >= 0.3 is 0 Å². The Morgan fingerprint density at radius 2 is 1.90 bits per heavy atom. The first-order valence-electron chi connectivity index (χ1n) is 9.88. The number of anilines is 1. The van der Waals surface area contributed by atoms with Gasteiger partial charge in [-0.1, -0.05) is 30.3 Å². The molecule has 0 spiro atoms. The highest BCUT2D eigenvalue weighted by Crippen LogP contribution is 2.23. The summed E-state index contributed by atoms with van der Waals surface area (Å²) in [4.78, 5) is 19.9. The van der Waals surface area contributed by atoms with E-state index in [1.54, 1.807) is 7.11 Å². The molecule has 0 saturated carbocycles. The van der Waals surface area contributed by atoms with E-state index in [-0.39, 0.29) is 5.91 Å². The SMILES string of the molecule is COc1ccc(CCNC(=O)c2cc(N3CCOCC3)nc3ccccc23)cc1. The molecule has 1 aliphatic rings. The second-order valence-electron chi connectivity index (χ2n) is 7.00. The van der Waals surface area contributed by atoms with E-state index >= 15 is 0 Å². The molecule has 6 heteroatoms. The van der Waals surface area contributed by atoms with Crippen LogP contribution in [0.25, 0.3) is 10.9 Å². The van der Waals surface area contributed by atoms with Gasteiger partial charge in [0.05, 0.1) is 31.4 Å². The molecule has 1 aliphatic heterocycles. The van der Waals surface area contributed by atoms with Gasteiger partial charge in [0, 0.05) is 25.0 Å². The number of rotatable bonds is 6. The maximum absolute atomic E-state index is 13.0. The summed E-state index contributed by atoms with van der Waals surface area (Å²) in [6, 6.07) is 17.6. The van der Waals surface area contributed by atoms with Crippen molar-refractivity contribution in [2.75, 3.05) is 44.9 Å². The minimum absolute atomic E-state index is 0.0772. The van der Waals surface area contributed by atoms with Gasteiger partial charge in [0.2, 0.25) is 0 Å². The molecule has 3 aromatic rings. The second-order valence-corrected chi connectivity index (χ2v) is 7.00. The first-order valence-corrected chi connectivity index (χ1v) is 9.88. The topological polar surface area (TPSA) is 63.7 Å². The summed E-state index contributed by atoms with van der Waals surface area (Å²) in [6.45, 7) is 3.48. The molecular weight excluding hydrogens is 366 g/mol. The predicted octanol–water partition coefficient (Wildman–Crippen LogP) is 3.05. The lowest BCUT2D eigenvalue weighted by atomic mass is 10.1. The molecule has 0 atom stereocenters. The Morgan fingerprint density at radius 1 is 1.14 bits per heavy atom. The van der Waals surface area contributed by atoms with Crippen LogP contribution < -0.4 is 15.0 Å². The highest BCUT2D eigenvalue weighted by Gasteiger charge is 2.18. The number of ether oxygens (including phenoxy) is 2. The Bertz CT molecular complexity index is 982. The van der Waals surface area contributed by atoms with E-state index in [1.807, 2.05) is 54.6 Å². The maximum atomic E-state index is 13.0. The van der Waals surface area contributed by atoms with Gasteiger partial charge in [-0.05, 0) is 36.2 Å². The number of amides is 1. The van der Waals surface area contributed by atoms with Crippen molar-refractivity contribution in [1.82, 2.24) is 10.3 Å². The fraction of sp³-hybridized carbons (Fsp3) is 0.304. The Labute approximate surface area is 170 Å². The third-order valence-corrected chi connectivity index (χ3v) is 5.14. The van der Waals surface area contributed by atoms with Crippen LogP contribution in [-0.4, -0.2) is 50.8 Å². The van der Waals surface area contributed by atoms with Crippen molar-refractivity contribution >= 4 is 22.6 Å². The summed E-state index contributed by atoms with van der Waals surface area (Å²) >= 11 is 0. The number of nitrogens with one attached hydrogen (secondary N) is 1. The first kappa shape index (κ1) is 19.2. The van der Waals surface area contributed by atoms with Crippen LogP contribution in [0.5, 0.6) is 5.75 Å². The highest BCUT2D eigenvalue weighted by molar-refractivity contribution is 6.07. The first-order chi connectivity index (χ1) is 14.2. The molecule has 1 N–H and O–H groups in total. The second kappa shape index (κ2) is 8.92. The van der Waals surface area contributed by atoms with Gasteiger partial charge < -0.3 is 19.7 Å². The molecule has 0 radical (unpaired) electrons. The summed E-state index contributed by atoms with van der Waals surface area (Å²) in [6.07, 6.45) is 0.759. The maximum Gasteiger partial charge on any atom is 0.252 e. The Balaban J connectivity index is 1.50. The van der Waals surface area contributed by atoms with Gasteiger partial charge in [0.1, 0.15) is 11.6 Å². The average molecular weight is 391 g/mol. The number of nitrogens with zero attached hydrogens (tertiary/aromatic N) is 2. The van der Waals surface area contributed by atoms with Crippen molar-refractivity contribution < 1.29 is 14.3 Å². The minimum atomic E-state index is -0.0772. The van der Waals surface area contributed by atoms with Crippen molar-refractivity contribution in [1.29, 1.82) is 0 Å². The van der Waals surface area contributed by atoms with Gasteiger partial charge in [-0.25, -0.2) is 4.98 Å². The molecule has 0 bridgehead atoms. The van der Waals surface area contributed by atoms with E-state index in [0.29, 0.717) is 25.3 Å². The van der Waals surface area contributed by atoms with E-state index in [2.05, 4.69) is 10.2 Å². The molecule has 1 saturated heterocycles. The number of morpholine rings is 1. The number of para-hydroxylation sites is 1. The van der Waals surface area contributed by atoms with E-state index < -0.39 is 0 Å². The quantitative estimate of drug-likeness (QED) is 0.700. The third kappa shape index (κ3) is 4.49. The largest absolute Gasteiger partial charge is 0.497 e. The van der Waals surface area contributed by atoms with Crippen LogP contribution in [0.4, 0.5) is 5.82 Å². The number of aromatic nitrogens is 1. The molecular formula is C23H25N3O3. The van der Waals surface area contributed by atoms with Crippen molar-refractivity contribution in [3.05, 3.63) is 65.7 Å². The Hall–Kier alpha value is -3.12. The summed E-state index contributed by atoms with van der Waals surface area (Å²) in [5, 5.41) is 3.92. The van der Waals surface area contributed by atoms with E-state index in [0.717, 1.165) is 47.5 Å². The number of methoxy groups -OCH3 is 1. The average Bonchev–Trinajstić information content (AvgIpc) is 2.79. The van der Waals surface area contributed by atoms with E-state index in [1.165, 1.54) is 0 Å². The van der Waals surface area contributed by atoms with E-state index in [9.17, 15) is 4.79 Å². The third-order valence-electron chi connectivity index (χ3n) is 5.14. The van der Waals surface area contributed by atoms with Crippen molar-refractivity contribution in [3.8, 4) is 5.75 Å². The fourth-order valence-corrected chi connectivity index (χ4v) is 3.51. The zero-order valence-electron chi connectivity index (χ0n) is 16.6. The fourth-order valence-electron chi connectivity index (χ4n) is 3.51. The Morgan fingerprint density at radius 3 is 2.66 bits per heavy atom. The lowest BCUT2D eigenvalue weighted by Gasteiger charge is -2.28. The molecule has 6 nitrogen and oxygen atoms in total. The molecule has 1 amide bonds. The van der Waals surface area contributed by atoms with Crippen LogP contribution in [-0.2, 0) is 11.2 Å². The smallest absolute Gasteiger partial charge is 0.252 e. The minimum Gasteiger partial charge on any atom is -0.497 e. The molecule has 1 fully saturated rings. The summed E-state index contributed by atoms with van der Waals surface area (Å²) in [5.74, 6) is 1.58. The standard InChI is InChI=1S/C23H25N3O3/c1-28-18-8-6-17(7-9-18)10-11-24-23(27)20-16-22(26-12-14-29-15-13-26)25-21-5-3-2-4-19(20)21/h2-9,16H,10-15H2,1H3,(H,24,27). The predicted molar refractivity (Wildman–Crippen MR) is 114 cm³/mol. The van der Waals surface area contributed by atoms with Crippen LogP contribution in [0.2, 0.25) is 0 Å². The van der Waals surface area contributed by atoms with Crippen LogP contribution >= 0.6 is 0 Å². The van der Waals surface area contributed by atoms with Crippen molar-refractivity contribution in [2.24, 2.45) is 0 Å². The van der Waals surface area contributed by atoms with E-state index in [4.69, 9.17) is 14.5 Å². The normalized spacial score (nSPS) is 14.0. The molecule has 2 aromatic carbocycles. The summed E-state index contributed by atoms with van der Waals surface area (Å²) in [7, 11) is 1.65. The molecule has 1 aromatic heterocycles. The van der Waals surface area contributed by atoms with Crippen LogP contribution in [0.1, 0.15) is 15.9 Å². The van der Waals surface area contributed by atoms with Crippen molar-refractivity contribution in [3.63, 3.8) is 0 Å². The number of fused-ring (bicyclic) bond motifs is 1. The van der Waals surface area contributed by atoms with Crippen LogP contribution in [0.15, 0.2) is 54.6 Å². The number of hydrogen-bond donors (Lipinski definition) is 1. The van der Waals surface area contributed by atoms with Gasteiger partial charge in [-0.15, -0.1) is 0 Å². The molecule has 2 heterocycles. The number of carbonyl (C=O) groups excluding carboxylic acids is 1. The number of pyridine rings is 1. The Kier molecular flexibility index (Phi) is 5.91. The molecule has 150 valence electrons. The molecule has 29 heavy (non-hydrogen) atoms. The van der Waals surface area contributed by atoms with Gasteiger partial charge in [-0.2, -0.15) is 0 Å². The van der Waals surface area contributed by atoms with Crippen LogP contribution in [0, 0.1) is 0 Å². The zero-order valence-corrected chi connectivity index (χ0v) is 16.6. The summed E-state index contributed by atoms with van der Waals surface area (Å²) in [5.41, 5.74) is 2.64. The lowest BCUT2D eigenvalue weighted by Crippen LogP contribution is -2.37. The van der Waals surface area contributed by atoms with Gasteiger partial charge in [0.25, 0.3) is 5.91 Å². The molecule has 0 aliphatic carbocycles. The molecule has 4 rings (SSSR count).